The van der Waals surface area contributed by atoms with Gasteiger partial charge < -0.3 is 5.11 Å². The highest BCUT2D eigenvalue weighted by atomic mass is 35.5. The van der Waals surface area contributed by atoms with E-state index in [0.717, 1.165) is 6.20 Å². The first-order valence-corrected chi connectivity index (χ1v) is 7.21. The quantitative estimate of drug-likeness (QED) is 0.725. The molecule has 0 fully saturated rings. The van der Waals surface area contributed by atoms with Crippen molar-refractivity contribution >= 4 is 39.9 Å². The maximum Gasteiger partial charge on any atom is 0.341 e. The molecule has 0 aromatic carbocycles. The van der Waals surface area contributed by atoms with Gasteiger partial charge in [0.1, 0.15) is 5.56 Å². The molecule has 0 bridgehead atoms. The molecule has 3 aromatic rings. The summed E-state index contributed by atoms with van der Waals surface area (Å²) in [4.78, 5) is 31.5. The van der Waals surface area contributed by atoms with E-state index in [4.69, 9.17) is 11.6 Å². The highest BCUT2D eigenvalue weighted by molar-refractivity contribution is 7.12. The molecule has 0 unspecified atom stereocenters. The van der Waals surface area contributed by atoms with E-state index >= 15 is 0 Å². The Hall–Kier alpha value is -2.32. The minimum Gasteiger partial charge on any atom is -0.477 e. The van der Waals surface area contributed by atoms with Crippen LogP contribution in [0.4, 0.5) is 4.39 Å². The number of fused-ring (bicyclic) bond motifs is 1. The lowest BCUT2D eigenvalue weighted by Gasteiger charge is -2.11. The number of rotatable bonds is 2. The van der Waals surface area contributed by atoms with E-state index in [1.165, 1.54) is 29.0 Å². The summed E-state index contributed by atoms with van der Waals surface area (Å²) in [6, 6.07) is 0. The molecule has 0 aliphatic rings. The summed E-state index contributed by atoms with van der Waals surface area (Å²) in [5.41, 5.74) is -1.28. The largest absolute Gasteiger partial charge is 0.477 e. The smallest absolute Gasteiger partial charge is 0.341 e. The minimum atomic E-state index is -1.41. The van der Waals surface area contributed by atoms with Gasteiger partial charge in [-0.2, -0.15) is 0 Å². The number of aryl methyl sites for hydroxylation is 1. The van der Waals surface area contributed by atoms with Crippen LogP contribution in [0.3, 0.4) is 0 Å². The standard InChI is InChI=1S/C13H7ClFN3O3S/c1-5-7-9(19)6(12(20)21)4-18(13-16-2-3-22-13)11(7)17-10(14)8(5)15/h2-4H,1H3,(H,20,21). The van der Waals surface area contributed by atoms with E-state index in [1.807, 2.05) is 0 Å². The molecule has 112 valence electrons. The van der Waals surface area contributed by atoms with Crippen LogP contribution < -0.4 is 5.43 Å². The third-order valence-electron chi connectivity index (χ3n) is 3.13. The molecule has 0 saturated heterocycles. The second kappa shape index (κ2) is 5.15. The number of aromatic nitrogens is 3. The number of carboxylic acids is 1. The monoisotopic (exact) mass is 339 g/mol. The second-order valence-electron chi connectivity index (χ2n) is 4.40. The average molecular weight is 340 g/mol. The third-order valence-corrected chi connectivity index (χ3v) is 4.15. The maximum atomic E-state index is 13.9. The van der Waals surface area contributed by atoms with Gasteiger partial charge in [-0.25, -0.2) is 19.2 Å². The number of hydrogen-bond acceptors (Lipinski definition) is 5. The van der Waals surface area contributed by atoms with E-state index in [-0.39, 0.29) is 16.6 Å². The molecule has 9 heteroatoms. The van der Waals surface area contributed by atoms with Gasteiger partial charge in [-0.1, -0.05) is 11.6 Å². The van der Waals surface area contributed by atoms with E-state index in [2.05, 4.69) is 9.97 Å². The first-order chi connectivity index (χ1) is 10.4. The third kappa shape index (κ3) is 2.08. The predicted molar refractivity (Wildman–Crippen MR) is 79.7 cm³/mol. The average Bonchev–Trinajstić information content (AvgIpc) is 2.98. The van der Waals surface area contributed by atoms with Gasteiger partial charge in [0.05, 0.1) is 5.39 Å². The van der Waals surface area contributed by atoms with Crippen molar-refractivity contribution in [1.82, 2.24) is 14.5 Å². The summed E-state index contributed by atoms with van der Waals surface area (Å²) in [5, 5.41) is 10.7. The fraction of sp³-hybridized carbons (Fsp3) is 0.0769. The van der Waals surface area contributed by atoms with Crippen molar-refractivity contribution in [2.75, 3.05) is 0 Å². The Bertz CT molecular complexity index is 969. The predicted octanol–water partition coefficient (Wildman–Crippen LogP) is 2.64. The lowest BCUT2D eigenvalue weighted by atomic mass is 10.1. The van der Waals surface area contributed by atoms with Gasteiger partial charge >= 0.3 is 5.97 Å². The van der Waals surface area contributed by atoms with Gasteiger partial charge in [0.15, 0.2) is 21.7 Å². The molecule has 0 amide bonds. The SMILES string of the molecule is Cc1c(F)c(Cl)nc2c1c(=O)c(C(=O)O)cn2-c1nccs1. The molecule has 0 spiro atoms. The van der Waals surface area contributed by atoms with E-state index < -0.39 is 27.9 Å². The zero-order chi connectivity index (χ0) is 16.0. The van der Waals surface area contributed by atoms with E-state index in [9.17, 15) is 19.1 Å². The molecule has 3 rings (SSSR count). The summed E-state index contributed by atoms with van der Waals surface area (Å²) < 4.78 is 15.3. The van der Waals surface area contributed by atoms with Crippen LogP contribution in [0, 0.1) is 12.7 Å². The Labute approximate surface area is 131 Å². The molecule has 0 saturated carbocycles. The van der Waals surface area contributed by atoms with Crippen LogP contribution in [0.25, 0.3) is 16.2 Å². The molecule has 0 atom stereocenters. The number of carbonyl (C=O) groups is 1. The van der Waals surface area contributed by atoms with Crippen LogP contribution in [0.15, 0.2) is 22.6 Å². The topological polar surface area (TPSA) is 85.1 Å². The van der Waals surface area contributed by atoms with Crippen molar-refractivity contribution in [3.8, 4) is 5.13 Å². The zero-order valence-corrected chi connectivity index (χ0v) is 12.6. The molecule has 0 aliphatic heterocycles. The number of thiazole rings is 1. The molecular formula is C13H7ClFN3O3S. The van der Waals surface area contributed by atoms with Crippen molar-refractivity contribution in [2.45, 2.75) is 6.92 Å². The molecule has 3 aromatic heterocycles. The Kier molecular flexibility index (Phi) is 3.42. The number of halogens is 2. The summed E-state index contributed by atoms with van der Waals surface area (Å²) in [6.07, 6.45) is 2.63. The van der Waals surface area contributed by atoms with Gasteiger partial charge in [0.25, 0.3) is 0 Å². The summed E-state index contributed by atoms with van der Waals surface area (Å²) in [5.74, 6) is -2.26. The van der Waals surface area contributed by atoms with Crippen LogP contribution in [-0.4, -0.2) is 25.6 Å². The van der Waals surface area contributed by atoms with Crippen molar-refractivity contribution in [1.29, 1.82) is 0 Å². The maximum absolute atomic E-state index is 13.9. The van der Waals surface area contributed by atoms with Gasteiger partial charge in [-0.05, 0) is 6.92 Å². The van der Waals surface area contributed by atoms with Gasteiger partial charge in [0, 0.05) is 23.3 Å². The lowest BCUT2D eigenvalue weighted by Crippen LogP contribution is -2.20. The van der Waals surface area contributed by atoms with E-state index in [0.29, 0.717) is 5.13 Å². The lowest BCUT2D eigenvalue weighted by molar-refractivity contribution is 0.0695. The summed E-state index contributed by atoms with van der Waals surface area (Å²) in [6.45, 7) is 1.35. The Morgan fingerprint density at radius 1 is 1.50 bits per heavy atom. The van der Waals surface area contributed by atoms with Crippen molar-refractivity contribution in [2.24, 2.45) is 0 Å². The van der Waals surface area contributed by atoms with E-state index in [1.54, 1.807) is 5.38 Å². The van der Waals surface area contributed by atoms with Gasteiger partial charge in [0.2, 0.25) is 5.43 Å². The number of hydrogen-bond donors (Lipinski definition) is 1. The number of nitrogens with zero attached hydrogens (tertiary/aromatic N) is 3. The zero-order valence-electron chi connectivity index (χ0n) is 11.0. The summed E-state index contributed by atoms with van der Waals surface area (Å²) >= 11 is 6.96. The van der Waals surface area contributed by atoms with Crippen LogP contribution in [0.2, 0.25) is 5.15 Å². The molecule has 0 aliphatic carbocycles. The Morgan fingerprint density at radius 3 is 2.82 bits per heavy atom. The fourth-order valence-corrected chi connectivity index (χ4v) is 2.93. The molecule has 1 N–H and O–H groups in total. The highest BCUT2D eigenvalue weighted by Gasteiger charge is 2.21. The normalized spacial score (nSPS) is 11.0. The first-order valence-electron chi connectivity index (χ1n) is 5.96. The minimum absolute atomic E-state index is 0.0478. The van der Waals surface area contributed by atoms with Crippen molar-refractivity contribution in [3.05, 3.63) is 50.1 Å². The molecule has 0 radical (unpaired) electrons. The molecule has 6 nitrogen and oxygen atoms in total. The van der Waals surface area contributed by atoms with Crippen LogP contribution in [-0.2, 0) is 0 Å². The number of pyridine rings is 2. The van der Waals surface area contributed by atoms with Crippen molar-refractivity contribution < 1.29 is 14.3 Å². The number of aromatic carboxylic acids is 1. The fourth-order valence-electron chi connectivity index (χ4n) is 2.09. The number of carboxylic acid groups (broad SMARTS) is 1. The van der Waals surface area contributed by atoms with Gasteiger partial charge in [-0.15, -0.1) is 11.3 Å². The Balaban J connectivity index is 2.58. The molecule has 3 heterocycles. The highest BCUT2D eigenvalue weighted by Crippen LogP contribution is 2.25. The van der Waals surface area contributed by atoms with Crippen LogP contribution in [0.5, 0.6) is 0 Å². The molecular weight excluding hydrogens is 333 g/mol. The second-order valence-corrected chi connectivity index (χ2v) is 5.63. The Morgan fingerprint density at radius 2 is 2.23 bits per heavy atom. The van der Waals surface area contributed by atoms with Gasteiger partial charge in [-0.3, -0.25) is 9.36 Å². The van der Waals surface area contributed by atoms with Crippen LogP contribution >= 0.6 is 22.9 Å². The summed E-state index contributed by atoms with van der Waals surface area (Å²) in [7, 11) is 0. The van der Waals surface area contributed by atoms with Crippen molar-refractivity contribution in [3.63, 3.8) is 0 Å². The molecule has 22 heavy (non-hydrogen) atoms. The first kappa shape index (κ1) is 14.6. The van der Waals surface area contributed by atoms with Crippen LogP contribution in [0.1, 0.15) is 15.9 Å².